The summed E-state index contributed by atoms with van der Waals surface area (Å²) in [4.78, 5) is 0.537. The molecule has 0 aliphatic heterocycles. The Kier molecular flexibility index (Phi) is 5.48. The molecule has 0 atom stereocenters. The summed E-state index contributed by atoms with van der Waals surface area (Å²) in [6.07, 6.45) is 0. The van der Waals surface area contributed by atoms with Crippen molar-refractivity contribution < 1.29 is 8.78 Å². The van der Waals surface area contributed by atoms with Crippen molar-refractivity contribution in [2.45, 2.75) is 17.6 Å². The van der Waals surface area contributed by atoms with Gasteiger partial charge in [-0.15, -0.1) is 0 Å². The van der Waals surface area contributed by atoms with Gasteiger partial charge in [0.15, 0.2) is 5.11 Å². The van der Waals surface area contributed by atoms with Gasteiger partial charge in [0.05, 0.1) is 0 Å². The van der Waals surface area contributed by atoms with E-state index in [9.17, 15) is 8.78 Å². The zero-order chi connectivity index (χ0) is 12.0. The Labute approximate surface area is 103 Å². The minimum atomic E-state index is -2.39. The van der Waals surface area contributed by atoms with Gasteiger partial charge in [-0.25, -0.2) is 0 Å². The quantitative estimate of drug-likeness (QED) is 0.642. The number of alkyl halides is 2. The molecule has 1 aromatic rings. The summed E-state index contributed by atoms with van der Waals surface area (Å²) < 4.78 is 24.1. The molecule has 2 N–H and O–H groups in total. The number of rotatable bonds is 4. The van der Waals surface area contributed by atoms with Crippen LogP contribution in [0.15, 0.2) is 29.2 Å². The lowest BCUT2D eigenvalue weighted by Crippen LogP contribution is -2.27. The minimum Gasteiger partial charge on any atom is -0.363 e. The van der Waals surface area contributed by atoms with E-state index in [0.717, 1.165) is 12.2 Å². The number of thiocarbonyl (C=S) groups is 1. The van der Waals surface area contributed by atoms with Crippen LogP contribution in [0.25, 0.3) is 0 Å². The highest BCUT2D eigenvalue weighted by molar-refractivity contribution is 7.99. The van der Waals surface area contributed by atoms with Crippen molar-refractivity contribution in [1.29, 1.82) is 0 Å². The highest BCUT2D eigenvalue weighted by atomic mass is 32.2. The maximum atomic E-state index is 12.0. The Morgan fingerprint density at radius 2 is 2.00 bits per heavy atom. The van der Waals surface area contributed by atoms with Gasteiger partial charge in [0.1, 0.15) is 0 Å². The molecule has 0 spiro atoms. The van der Waals surface area contributed by atoms with Crippen molar-refractivity contribution >= 4 is 34.8 Å². The number of nitrogens with one attached hydrogen (secondary N) is 2. The molecule has 0 saturated heterocycles. The lowest BCUT2D eigenvalue weighted by molar-refractivity contribution is 0.252. The third-order valence-electron chi connectivity index (χ3n) is 1.67. The van der Waals surface area contributed by atoms with E-state index in [1.165, 1.54) is 0 Å². The second-order valence-corrected chi connectivity index (χ2v) is 4.36. The molecule has 0 radical (unpaired) electrons. The van der Waals surface area contributed by atoms with Gasteiger partial charge in [-0.1, -0.05) is 11.8 Å². The van der Waals surface area contributed by atoms with E-state index in [1.54, 1.807) is 24.3 Å². The van der Waals surface area contributed by atoms with Crippen LogP contribution in [0.5, 0.6) is 0 Å². The van der Waals surface area contributed by atoms with Crippen LogP contribution in [-0.4, -0.2) is 17.4 Å². The van der Waals surface area contributed by atoms with Crippen molar-refractivity contribution in [3.8, 4) is 0 Å². The monoisotopic (exact) mass is 262 g/mol. The number of hydrogen-bond acceptors (Lipinski definition) is 2. The molecule has 6 heteroatoms. The molecular weight excluding hydrogens is 250 g/mol. The minimum absolute atomic E-state index is 0.525. The Hall–Kier alpha value is -0.880. The fraction of sp³-hybridized carbons (Fsp3) is 0.300. The third-order valence-corrected chi connectivity index (χ3v) is 2.64. The van der Waals surface area contributed by atoms with Gasteiger partial charge in [0.2, 0.25) is 0 Å². The van der Waals surface area contributed by atoms with Gasteiger partial charge in [-0.3, -0.25) is 0 Å². The molecule has 0 heterocycles. The number of hydrogen-bond donors (Lipinski definition) is 2. The smallest absolute Gasteiger partial charge is 0.288 e. The van der Waals surface area contributed by atoms with Crippen LogP contribution in [0.2, 0.25) is 0 Å². The number of halogens is 2. The van der Waals surface area contributed by atoms with Gasteiger partial charge in [0, 0.05) is 17.1 Å². The van der Waals surface area contributed by atoms with E-state index in [-0.39, 0.29) is 0 Å². The van der Waals surface area contributed by atoms with Crippen LogP contribution in [0.4, 0.5) is 14.5 Å². The first-order chi connectivity index (χ1) is 7.61. The largest absolute Gasteiger partial charge is 0.363 e. The van der Waals surface area contributed by atoms with Crippen molar-refractivity contribution in [3.63, 3.8) is 0 Å². The second-order valence-electron chi connectivity index (χ2n) is 2.89. The molecule has 1 rings (SSSR count). The van der Waals surface area contributed by atoms with E-state index in [2.05, 4.69) is 10.6 Å². The van der Waals surface area contributed by atoms with Gasteiger partial charge in [-0.05, 0) is 43.4 Å². The van der Waals surface area contributed by atoms with E-state index in [4.69, 9.17) is 12.2 Å². The van der Waals surface area contributed by atoms with Crippen LogP contribution >= 0.6 is 24.0 Å². The third kappa shape index (κ3) is 4.76. The first-order valence-corrected chi connectivity index (χ1v) is 6.00. The molecule has 0 unspecified atom stereocenters. The van der Waals surface area contributed by atoms with Crippen molar-refractivity contribution in [3.05, 3.63) is 24.3 Å². The van der Waals surface area contributed by atoms with Crippen LogP contribution in [-0.2, 0) is 0 Å². The summed E-state index contributed by atoms with van der Waals surface area (Å²) in [6.45, 7) is 2.68. The molecule has 2 nitrogen and oxygen atoms in total. The molecule has 0 aliphatic carbocycles. The molecular formula is C10H12F2N2S2. The molecule has 0 bridgehead atoms. The van der Waals surface area contributed by atoms with Gasteiger partial charge < -0.3 is 10.6 Å². The SMILES string of the molecule is CCNC(=S)Nc1ccc(SC(F)F)cc1. The van der Waals surface area contributed by atoms with Crippen molar-refractivity contribution in [2.75, 3.05) is 11.9 Å². The van der Waals surface area contributed by atoms with Gasteiger partial charge in [0.25, 0.3) is 5.76 Å². The first-order valence-electron chi connectivity index (χ1n) is 4.71. The summed E-state index contributed by atoms with van der Waals surface area (Å²) in [6, 6.07) is 6.70. The Bertz CT molecular complexity index is 341. The molecule has 1 aromatic carbocycles. The van der Waals surface area contributed by atoms with Crippen LogP contribution in [0, 0.1) is 0 Å². The van der Waals surface area contributed by atoms with Gasteiger partial charge in [-0.2, -0.15) is 8.78 Å². The van der Waals surface area contributed by atoms with Crippen LogP contribution in [0.3, 0.4) is 0 Å². The number of anilines is 1. The zero-order valence-corrected chi connectivity index (χ0v) is 10.3. The topological polar surface area (TPSA) is 24.1 Å². The van der Waals surface area contributed by atoms with E-state index in [1.807, 2.05) is 6.92 Å². The summed E-state index contributed by atoms with van der Waals surface area (Å²) in [7, 11) is 0. The van der Waals surface area contributed by atoms with E-state index >= 15 is 0 Å². The molecule has 0 aromatic heterocycles. The Morgan fingerprint density at radius 3 is 2.50 bits per heavy atom. The maximum Gasteiger partial charge on any atom is 0.288 e. The predicted octanol–water partition coefficient (Wildman–Crippen LogP) is 3.31. The lowest BCUT2D eigenvalue weighted by Gasteiger charge is -2.09. The fourth-order valence-corrected chi connectivity index (χ4v) is 1.82. The normalized spacial score (nSPS) is 10.2. The summed E-state index contributed by atoms with van der Waals surface area (Å²) in [5.41, 5.74) is 0.782. The molecule has 16 heavy (non-hydrogen) atoms. The predicted molar refractivity (Wildman–Crippen MR) is 68.2 cm³/mol. The van der Waals surface area contributed by atoms with Crippen molar-refractivity contribution in [2.24, 2.45) is 0 Å². The summed E-state index contributed by atoms with van der Waals surface area (Å²) >= 11 is 5.52. The molecule has 88 valence electrons. The number of benzene rings is 1. The van der Waals surface area contributed by atoms with E-state index in [0.29, 0.717) is 21.8 Å². The summed E-state index contributed by atoms with van der Waals surface area (Å²) in [5, 5.41) is 6.41. The average Bonchev–Trinajstić information content (AvgIpc) is 2.20. The molecule has 0 aliphatic rings. The van der Waals surface area contributed by atoms with E-state index < -0.39 is 5.76 Å². The maximum absolute atomic E-state index is 12.0. The average molecular weight is 262 g/mol. The number of thioether (sulfide) groups is 1. The van der Waals surface area contributed by atoms with Gasteiger partial charge >= 0.3 is 0 Å². The summed E-state index contributed by atoms with van der Waals surface area (Å²) in [5.74, 6) is -2.39. The Balaban J connectivity index is 2.54. The highest BCUT2D eigenvalue weighted by Gasteiger charge is 2.04. The zero-order valence-electron chi connectivity index (χ0n) is 8.67. The van der Waals surface area contributed by atoms with Crippen molar-refractivity contribution in [1.82, 2.24) is 5.32 Å². The fourth-order valence-electron chi connectivity index (χ4n) is 1.06. The highest BCUT2D eigenvalue weighted by Crippen LogP contribution is 2.26. The second kappa shape index (κ2) is 6.65. The van der Waals surface area contributed by atoms with Crippen LogP contribution in [0.1, 0.15) is 6.92 Å². The van der Waals surface area contributed by atoms with Crippen LogP contribution < -0.4 is 10.6 Å². The standard InChI is InChI=1S/C10H12F2N2S2/c1-2-13-10(15)14-7-3-5-8(6-4-7)16-9(11)12/h3-6,9H,2H2,1H3,(H2,13,14,15). The molecule has 0 fully saturated rings. The Morgan fingerprint density at radius 1 is 1.38 bits per heavy atom. The first kappa shape index (κ1) is 13.2. The molecule has 0 saturated carbocycles. The molecule has 0 amide bonds. The lowest BCUT2D eigenvalue weighted by atomic mass is 10.3.